The Morgan fingerprint density at radius 1 is 1.33 bits per heavy atom. The molecular weight excluding hydrogens is 250 g/mol. The number of hydrogen-bond donors (Lipinski definition) is 1. The molecule has 0 saturated carbocycles. The van der Waals surface area contributed by atoms with Crippen molar-refractivity contribution in [2.24, 2.45) is 0 Å². The van der Waals surface area contributed by atoms with E-state index in [-0.39, 0.29) is 0 Å². The molecule has 0 bridgehead atoms. The van der Waals surface area contributed by atoms with Crippen LogP contribution in [0.5, 0.6) is 0 Å². The molecule has 0 atom stereocenters. The van der Waals surface area contributed by atoms with Crippen molar-refractivity contribution in [2.45, 2.75) is 18.4 Å². The van der Waals surface area contributed by atoms with Gasteiger partial charge in [0.2, 0.25) is 10.0 Å². The van der Waals surface area contributed by atoms with E-state index in [1.807, 2.05) is 10.6 Å². The Kier molecular flexibility index (Phi) is 3.78. The number of aromatic nitrogens is 2. The van der Waals surface area contributed by atoms with Crippen LogP contribution in [0, 0.1) is 6.92 Å². The fourth-order valence-corrected chi connectivity index (χ4v) is 2.93. The second-order valence-electron chi connectivity index (χ2n) is 3.96. The number of imidazole rings is 1. The van der Waals surface area contributed by atoms with Gasteiger partial charge in [-0.15, -0.1) is 0 Å². The molecular formula is C12H15N3O2S. The quantitative estimate of drug-likeness (QED) is 0.882. The van der Waals surface area contributed by atoms with Gasteiger partial charge in [0.1, 0.15) is 0 Å². The second-order valence-corrected chi connectivity index (χ2v) is 5.70. The highest BCUT2D eigenvalue weighted by molar-refractivity contribution is 7.89. The van der Waals surface area contributed by atoms with E-state index in [1.54, 1.807) is 43.8 Å². The van der Waals surface area contributed by atoms with Crippen molar-refractivity contribution in [3.8, 4) is 0 Å². The zero-order valence-corrected chi connectivity index (χ0v) is 10.9. The summed E-state index contributed by atoms with van der Waals surface area (Å²) in [5.41, 5.74) is 0.743. The van der Waals surface area contributed by atoms with E-state index in [4.69, 9.17) is 0 Å². The fraction of sp³-hybridized carbons (Fsp3) is 0.250. The Labute approximate surface area is 107 Å². The predicted molar refractivity (Wildman–Crippen MR) is 68.6 cm³/mol. The molecule has 5 nitrogen and oxygen atoms in total. The highest BCUT2D eigenvalue weighted by Crippen LogP contribution is 2.13. The summed E-state index contributed by atoms with van der Waals surface area (Å²) in [5.74, 6) is 0. The van der Waals surface area contributed by atoms with E-state index >= 15 is 0 Å². The first-order valence-corrected chi connectivity index (χ1v) is 7.09. The molecule has 1 heterocycles. The van der Waals surface area contributed by atoms with E-state index in [0.717, 1.165) is 5.56 Å². The first kappa shape index (κ1) is 12.8. The summed E-state index contributed by atoms with van der Waals surface area (Å²) < 4.78 is 28.5. The van der Waals surface area contributed by atoms with Gasteiger partial charge >= 0.3 is 0 Å². The van der Waals surface area contributed by atoms with E-state index in [9.17, 15) is 8.42 Å². The van der Waals surface area contributed by atoms with E-state index in [2.05, 4.69) is 9.71 Å². The van der Waals surface area contributed by atoms with Crippen molar-refractivity contribution in [2.75, 3.05) is 6.54 Å². The maximum absolute atomic E-state index is 12.0. The SMILES string of the molecule is Cc1ccccc1S(=O)(=O)NCCn1ccnc1. The van der Waals surface area contributed by atoms with Crippen LogP contribution in [0.15, 0.2) is 47.9 Å². The van der Waals surface area contributed by atoms with Crippen molar-refractivity contribution in [1.29, 1.82) is 0 Å². The van der Waals surface area contributed by atoms with Crippen molar-refractivity contribution in [3.63, 3.8) is 0 Å². The summed E-state index contributed by atoms with van der Waals surface area (Å²) in [6.45, 7) is 2.68. The summed E-state index contributed by atoms with van der Waals surface area (Å²) in [6.07, 6.45) is 5.11. The highest BCUT2D eigenvalue weighted by atomic mass is 32.2. The van der Waals surface area contributed by atoms with Crippen LogP contribution in [0.2, 0.25) is 0 Å². The number of benzene rings is 1. The van der Waals surface area contributed by atoms with Gasteiger partial charge in [0.15, 0.2) is 0 Å². The lowest BCUT2D eigenvalue weighted by molar-refractivity contribution is 0.572. The molecule has 6 heteroatoms. The summed E-state index contributed by atoms with van der Waals surface area (Å²) in [7, 11) is -3.43. The second kappa shape index (κ2) is 5.32. The van der Waals surface area contributed by atoms with Gasteiger partial charge in [0.05, 0.1) is 11.2 Å². The smallest absolute Gasteiger partial charge is 0.240 e. The average molecular weight is 265 g/mol. The maximum atomic E-state index is 12.0. The normalized spacial score (nSPS) is 11.6. The van der Waals surface area contributed by atoms with Crippen LogP contribution in [0.3, 0.4) is 0 Å². The van der Waals surface area contributed by atoms with Crippen LogP contribution in [-0.4, -0.2) is 24.5 Å². The fourth-order valence-electron chi connectivity index (χ4n) is 1.66. The Morgan fingerprint density at radius 2 is 2.11 bits per heavy atom. The topological polar surface area (TPSA) is 64.0 Å². The standard InChI is InChI=1S/C12H15N3O2S/c1-11-4-2-3-5-12(11)18(16,17)14-7-9-15-8-6-13-10-15/h2-6,8,10,14H,7,9H2,1H3. The molecule has 2 rings (SSSR count). The molecule has 1 aromatic heterocycles. The van der Waals surface area contributed by atoms with Crippen molar-refractivity contribution >= 4 is 10.0 Å². The zero-order valence-electron chi connectivity index (χ0n) is 10.1. The van der Waals surface area contributed by atoms with Crippen LogP contribution >= 0.6 is 0 Å². The lowest BCUT2D eigenvalue weighted by atomic mass is 10.2. The molecule has 2 aromatic rings. The first-order valence-electron chi connectivity index (χ1n) is 5.60. The van der Waals surface area contributed by atoms with Gasteiger partial charge in [0, 0.05) is 25.5 Å². The number of aryl methyl sites for hydroxylation is 1. The van der Waals surface area contributed by atoms with E-state index in [0.29, 0.717) is 18.0 Å². The van der Waals surface area contributed by atoms with Gasteiger partial charge in [-0.1, -0.05) is 18.2 Å². The zero-order chi connectivity index (χ0) is 13.0. The summed E-state index contributed by atoms with van der Waals surface area (Å²) >= 11 is 0. The Balaban J connectivity index is 2.02. The summed E-state index contributed by atoms with van der Waals surface area (Å²) in [4.78, 5) is 4.22. The molecule has 0 amide bonds. The van der Waals surface area contributed by atoms with Gasteiger partial charge in [-0.05, 0) is 18.6 Å². The van der Waals surface area contributed by atoms with Crippen molar-refractivity contribution < 1.29 is 8.42 Å². The van der Waals surface area contributed by atoms with Crippen molar-refractivity contribution in [1.82, 2.24) is 14.3 Å². The molecule has 0 spiro atoms. The molecule has 0 aliphatic heterocycles. The van der Waals surface area contributed by atoms with Gasteiger partial charge in [-0.25, -0.2) is 18.1 Å². The van der Waals surface area contributed by atoms with Crippen molar-refractivity contribution in [3.05, 3.63) is 48.5 Å². The molecule has 1 N–H and O–H groups in total. The van der Waals surface area contributed by atoms with Crippen LogP contribution in [0.1, 0.15) is 5.56 Å². The molecule has 0 radical (unpaired) electrons. The third-order valence-corrected chi connectivity index (χ3v) is 4.23. The number of nitrogens with one attached hydrogen (secondary N) is 1. The van der Waals surface area contributed by atoms with Crippen LogP contribution < -0.4 is 4.72 Å². The lowest BCUT2D eigenvalue weighted by Crippen LogP contribution is -2.27. The monoisotopic (exact) mass is 265 g/mol. The Morgan fingerprint density at radius 3 is 2.78 bits per heavy atom. The third kappa shape index (κ3) is 2.96. The molecule has 18 heavy (non-hydrogen) atoms. The van der Waals surface area contributed by atoms with E-state index < -0.39 is 10.0 Å². The minimum atomic E-state index is -3.43. The minimum absolute atomic E-state index is 0.329. The Hall–Kier alpha value is -1.66. The van der Waals surface area contributed by atoms with Gasteiger partial charge in [0.25, 0.3) is 0 Å². The predicted octanol–water partition coefficient (Wildman–Crippen LogP) is 1.17. The third-order valence-electron chi connectivity index (χ3n) is 2.60. The van der Waals surface area contributed by atoms with Crippen LogP contribution in [0.4, 0.5) is 0 Å². The molecule has 96 valence electrons. The summed E-state index contributed by atoms with van der Waals surface area (Å²) in [5, 5.41) is 0. The number of sulfonamides is 1. The average Bonchev–Trinajstić information content (AvgIpc) is 2.82. The lowest BCUT2D eigenvalue weighted by Gasteiger charge is -2.09. The number of hydrogen-bond acceptors (Lipinski definition) is 3. The number of rotatable bonds is 5. The highest BCUT2D eigenvalue weighted by Gasteiger charge is 2.15. The minimum Gasteiger partial charge on any atom is -0.336 e. The Bertz CT molecular complexity index is 606. The largest absolute Gasteiger partial charge is 0.336 e. The van der Waals surface area contributed by atoms with Gasteiger partial charge in [-0.2, -0.15) is 0 Å². The van der Waals surface area contributed by atoms with E-state index in [1.165, 1.54) is 0 Å². The van der Waals surface area contributed by atoms with Gasteiger partial charge in [-0.3, -0.25) is 0 Å². The van der Waals surface area contributed by atoms with Crippen LogP contribution in [0.25, 0.3) is 0 Å². The molecule has 0 fully saturated rings. The number of nitrogens with zero attached hydrogens (tertiary/aromatic N) is 2. The van der Waals surface area contributed by atoms with Gasteiger partial charge < -0.3 is 4.57 Å². The molecule has 0 saturated heterocycles. The molecule has 0 aliphatic rings. The molecule has 0 aliphatic carbocycles. The van der Waals surface area contributed by atoms with Crippen LogP contribution in [-0.2, 0) is 16.6 Å². The summed E-state index contributed by atoms with van der Waals surface area (Å²) in [6, 6.07) is 6.93. The maximum Gasteiger partial charge on any atom is 0.240 e. The molecule has 1 aromatic carbocycles. The first-order chi connectivity index (χ1) is 8.59. The molecule has 0 unspecified atom stereocenters.